The molecule has 0 fully saturated rings. The van der Waals surface area contributed by atoms with E-state index in [1.807, 2.05) is 19.9 Å². The number of hydrogen-bond acceptors (Lipinski definition) is 2. The zero-order valence-corrected chi connectivity index (χ0v) is 9.00. The monoisotopic (exact) mass is 199 g/mol. The Morgan fingerprint density at radius 2 is 2.27 bits per heavy atom. The fourth-order valence-electron chi connectivity index (χ4n) is 1.78. The minimum atomic E-state index is -0.316. The largest absolute Gasteiger partial charge is 0.292 e. The van der Waals surface area contributed by atoms with E-state index in [9.17, 15) is 4.79 Å². The molecule has 0 aromatic heterocycles. The second kappa shape index (κ2) is 3.20. The van der Waals surface area contributed by atoms with E-state index >= 15 is 0 Å². The third kappa shape index (κ3) is 1.55. The van der Waals surface area contributed by atoms with Gasteiger partial charge in [-0.25, -0.2) is 0 Å². The summed E-state index contributed by atoms with van der Waals surface area (Å²) in [5.41, 5.74) is 2.03. The minimum Gasteiger partial charge on any atom is -0.292 e. The van der Waals surface area contributed by atoms with Crippen LogP contribution in [0.15, 0.2) is 28.3 Å². The zero-order valence-electron chi connectivity index (χ0n) is 9.00. The molecule has 0 aromatic carbocycles. The molecule has 2 rings (SSSR count). The first-order chi connectivity index (χ1) is 7.04. The van der Waals surface area contributed by atoms with Crippen LogP contribution in [-0.4, -0.2) is 18.0 Å². The van der Waals surface area contributed by atoms with Gasteiger partial charge in [0.2, 0.25) is 0 Å². The number of aliphatic imine (C=N–C) groups is 1. The fraction of sp³-hybridized carbons (Fsp3) is 0.385. The summed E-state index contributed by atoms with van der Waals surface area (Å²) in [7, 11) is 0. The second-order valence-corrected chi connectivity index (χ2v) is 4.56. The van der Waals surface area contributed by atoms with Crippen LogP contribution in [0.3, 0.4) is 0 Å². The van der Waals surface area contributed by atoms with Crippen LogP contribution in [0, 0.1) is 17.8 Å². The van der Waals surface area contributed by atoms with Gasteiger partial charge in [0.25, 0.3) is 0 Å². The molecule has 0 spiro atoms. The van der Waals surface area contributed by atoms with Crippen LogP contribution in [0.2, 0.25) is 0 Å². The smallest absolute Gasteiger partial charge is 0.187 e. The number of hydrogen-bond donors (Lipinski definition) is 0. The first-order valence-electron chi connectivity index (χ1n) is 5.01. The quantitative estimate of drug-likeness (QED) is 0.548. The molecule has 0 atom stereocenters. The van der Waals surface area contributed by atoms with Gasteiger partial charge >= 0.3 is 0 Å². The number of carbonyl (C=O) groups excluding carboxylic acids is 1. The van der Waals surface area contributed by atoms with E-state index in [0.29, 0.717) is 12.3 Å². The van der Waals surface area contributed by atoms with Crippen molar-refractivity contribution < 1.29 is 4.79 Å². The maximum atomic E-state index is 12.0. The molecule has 1 aliphatic carbocycles. The molecule has 0 amide bonds. The van der Waals surface area contributed by atoms with Crippen molar-refractivity contribution in [3.05, 3.63) is 23.3 Å². The maximum Gasteiger partial charge on any atom is 0.187 e. The van der Waals surface area contributed by atoms with Gasteiger partial charge in [0, 0.05) is 16.6 Å². The fourth-order valence-corrected chi connectivity index (χ4v) is 1.78. The number of carbonyl (C=O) groups is 1. The lowest BCUT2D eigenvalue weighted by molar-refractivity contribution is -0.120. The normalized spacial score (nSPS) is 23.3. The highest BCUT2D eigenvalue weighted by Gasteiger charge is 2.35. The van der Waals surface area contributed by atoms with Crippen molar-refractivity contribution in [2.24, 2.45) is 10.4 Å². The van der Waals surface area contributed by atoms with Gasteiger partial charge in [0.05, 0.1) is 6.54 Å². The van der Waals surface area contributed by atoms with Crippen LogP contribution < -0.4 is 0 Å². The average molecular weight is 199 g/mol. The van der Waals surface area contributed by atoms with E-state index in [0.717, 1.165) is 17.6 Å². The lowest BCUT2D eigenvalue weighted by atomic mass is 9.75. The minimum absolute atomic E-state index is 0.132. The second-order valence-electron chi connectivity index (χ2n) is 4.56. The predicted molar refractivity (Wildman–Crippen MR) is 60.7 cm³/mol. The standard InChI is InChI=1S/C13H13NO/c1-4-9-7-10-5-6-13(2,3)12(15)11(10)14-8-9/h1,5,7H,6,8H2,2-3H3. The van der Waals surface area contributed by atoms with Crippen molar-refractivity contribution in [2.75, 3.05) is 6.54 Å². The van der Waals surface area contributed by atoms with Crippen LogP contribution in [-0.2, 0) is 4.79 Å². The van der Waals surface area contributed by atoms with Gasteiger partial charge in [0.15, 0.2) is 5.78 Å². The molecule has 1 aliphatic heterocycles. The summed E-state index contributed by atoms with van der Waals surface area (Å²) in [6.45, 7) is 4.36. The summed E-state index contributed by atoms with van der Waals surface area (Å²) >= 11 is 0. The Labute approximate surface area is 89.8 Å². The van der Waals surface area contributed by atoms with Gasteiger partial charge < -0.3 is 0 Å². The molecular weight excluding hydrogens is 186 g/mol. The number of allylic oxidation sites excluding steroid dienone is 3. The Hall–Kier alpha value is -1.62. The van der Waals surface area contributed by atoms with Crippen molar-refractivity contribution >= 4 is 11.5 Å². The SMILES string of the molecule is C#CC1=CC2=CCC(C)(C)C(=O)C2=NC1. The van der Waals surface area contributed by atoms with E-state index in [1.165, 1.54) is 0 Å². The average Bonchev–Trinajstić information content (AvgIpc) is 2.23. The molecule has 0 unspecified atom stereocenters. The van der Waals surface area contributed by atoms with E-state index in [1.54, 1.807) is 0 Å². The van der Waals surface area contributed by atoms with Crippen molar-refractivity contribution in [1.29, 1.82) is 0 Å². The summed E-state index contributed by atoms with van der Waals surface area (Å²) in [5, 5.41) is 0. The maximum absolute atomic E-state index is 12.0. The van der Waals surface area contributed by atoms with E-state index in [4.69, 9.17) is 6.42 Å². The lowest BCUT2D eigenvalue weighted by Crippen LogP contribution is -2.36. The van der Waals surface area contributed by atoms with Crippen LogP contribution in [0.1, 0.15) is 20.3 Å². The number of dihydropyridines is 1. The molecule has 0 saturated heterocycles. The Kier molecular flexibility index (Phi) is 2.12. The molecule has 15 heavy (non-hydrogen) atoms. The summed E-state index contributed by atoms with van der Waals surface area (Å²) < 4.78 is 0. The molecule has 2 nitrogen and oxygen atoms in total. The zero-order chi connectivity index (χ0) is 11.1. The number of Topliss-reactive ketones (excluding diaryl/α,β-unsaturated/α-hetero) is 1. The molecule has 0 aromatic rings. The van der Waals surface area contributed by atoms with Gasteiger partial charge in [0.1, 0.15) is 5.71 Å². The predicted octanol–water partition coefficient (Wildman–Crippen LogP) is 1.93. The molecular formula is C13H13NO. The molecule has 2 aliphatic rings. The topological polar surface area (TPSA) is 29.4 Å². The summed E-state index contributed by atoms with van der Waals surface area (Å²) in [4.78, 5) is 16.3. The van der Waals surface area contributed by atoms with Gasteiger partial charge in [-0.1, -0.05) is 25.8 Å². The number of rotatable bonds is 0. The van der Waals surface area contributed by atoms with Crippen molar-refractivity contribution in [3.8, 4) is 12.3 Å². The lowest BCUT2D eigenvalue weighted by Gasteiger charge is -2.28. The molecule has 1 heterocycles. The molecule has 2 heteroatoms. The van der Waals surface area contributed by atoms with Crippen LogP contribution in [0.25, 0.3) is 0 Å². The number of terminal acetylenes is 1. The van der Waals surface area contributed by atoms with Crippen molar-refractivity contribution in [3.63, 3.8) is 0 Å². The highest BCUT2D eigenvalue weighted by molar-refractivity contribution is 6.49. The summed E-state index contributed by atoms with van der Waals surface area (Å²) in [5.74, 6) is 2.71. The van der Waals surface area contributed by atoms with Gasteiger partial charge in [-0.2, -0.15) is 0 Å². The Bertz CT molecular complexity index is 455. The molecule has 0 bridgehead atoms. The number of ketones is 1. The van der Waals surface area contributed by atoms with Gasteiger partial charge in [-0.15, -0.1) is 6.42 Å². The Morgan fingerprint density at radius 1 is 1.53 bits per heavy atom. The van der Waals surface area contributed by atoms with Crippen LogP contribution in [0.5, 0.6) is 0 Å². The van der Waals surface area contributed by atoms with Gasteiger partial charge in [-0.3, -0.25) is 9.79 Å². The Morgan fingerprint density at radius 3 is 2.93 bits per heavy atom. The van der Waals surface area contributed by atoms with E-state index in [2.05, 4.69) is 17.0 Å². The molecule has 0 saturated carbocycles. The van der Waals surface area contributed by atoms with E-state index < -0.39 is 0 Å². The first-order valence-corrected chi connectivity index (χ1v) is 5.01. The van der Waals surface area contributed by atoms with Crippen molar-refractivity contribution in [2.45, 2.75) is 20.3 Å². The van der Waals surface area contributed by atoms with Gasteiger partial charge in [-0.05, 0) is 12.5 Å². The Balaban J connectivity index is 2.44. The molecule has 0 radical (unpaired) electrons. The summed E-state index contributed by atoms with van der Waals surface area (Å²) in [6.07, 6.45) is 10.0. The third-order valence-corrected chi connectivity index (χ3v) is 2.86. The molecule has 0 N–H and O–H groups in total. The number of nitrogens with zero attached hydrogens (tertiary/aromatic N) is 1. The van der Waals surface area contributed by atoms with Crippen LogP contribution in [0.4, 0.5) is 0 Å². The van der Waals surface area contributed by atoms with Crippen molar-refractivity contribution in [1.82, 2.24) is 0 Å². The summed E-state index contributed by atoms with van der Waals surface area (Å²) in [6, 6.07) is 0. The third-order valence-electron chi connectivity index (χ3n) is 2.86. The van der Waals surface area contributed by atoms with E-state index in [-0.39, 0.29) is 11.2 Å². The highest BCUT2D eigenvalue weighted by Crippen LogP contribution is 2.32. The molecule has 76 valence electrons. The van der Waals surface area contributed by atoms with Crippen LogP contribution >= 0.6 is 0 Å². The highest BCUT2D eigenvalue weighted by atomic mass is 16.1. The number of fused-ring (bicyclic) bond motifs is 1. The first kappa shape index (κ1) is 9.92.